The third kappa shape index (κ3) is 6.27. The van der Waals surface area contributed by atoms with Gasteiger partial charge in [0.2, 0.25) is 11.8 Å². The predicted molar refractivity (Wildman–Crippen MR) is 128 cm³/mol. The van der Waals surface area contributed by atoms with Gasteiger partial charge in [0.15, 0.2) is 0 Å². The number of carbonyl (C=O) groups is 3. The second-order valence-corrected chi connectivity index (χ2v) is 9.36. The van der Waals surface area contributed by atoms with Crippen LogP contribution in [0.15, 0.2) is 18.2 Å². The lowest BCUT2D eigenvalue weighted by Gasteiger charge is -2.35. The molecule has 9 heteroatoms. The highest BCUT2D eigenvalue weighted by Gasteiger charge is 2.29. The average molecular weight is 476 g/mol. The van der Waals surface area contributed by atoms with Crippen LogP contribution in [-0.4, -0.2) is 86.7 Å². The monoisotopic (exact) mass is 475 g/mol. The minimum atomic E-state index is -0.232. The molecule has 1 N–H and O–H groups in total. The molecule has 2 heterocycles. The maximum Gasteiger partial charge on any atom is 0.257 e. The summed E-state index contributed by atoms with van der Waals surface area (Å²) in [5, 5.41) is 2.95. The molecule has 0 spiro atoms. The zero-order chi connectivity index (χ0) is 24.8. The second-order valence-electron chi connectivity index (χ2n) is 9.36. The van der Waals surface area contributed by atoms with E-state index >= 15 is 0 Å². The minimum absolute atomic E-state index is 0.0215. The van der Waals surface area contributed by atoms with E-state index in [4.69, 9.17) is 14.2 Å². The molecule has 2 aliphatic heterocycles. The Morgan fingerprint density at radius 2 is 1.85 bits per heavy atom. The molecule has 0 unspecified atom stereocenters. The number of hydrogen-bond donors (Lipinski definition) is 1. The molecule has 0 aliphatic carbocycles. The Morgan fingerprint density at radius 3 is 2.50 bits per heavy atom. The molecule has 34 heavy (non-hydrogen) atoms. The first-order chi connectivity index (χ1) is 16.2. The van der Waals surface area contributed by atoms with Gasteiger partial charge in [-0.05, 0) is 31.9 Å². The Kier molecular flexibility index (Phi) is 8.90. The van der Waals surface area contributed by atoms with Gasteiger partial charge in [0.25, 0.3) is 5.91 Å². The van der Waals surface area contributed by atoms with E-state index in [1.807, 2.05) is 13.8 Å². The van der Waals surface area contributed by atoms with Gasteiger partial charge in [-0.15, -0.1) is 0 Å². The first-order valence-corrected chi connectivity index (χ1v) is 11.9. The molecule has 188 valence electrons. The highest BCUT2D eigenvalue weighted by Crippen LogP contribution is 2.28. The summed E-state index contributed by atoms with van der Waals surface area (Å²) in [5.41, 5.74) is 0.966. The summed E-state index contributed by atoms with van der Waals surface area (Å²) in [7, 11) is 3.35. The summed E-state index contributed by atoms with van der Waals surface area (Å²) in [5.74, 6) is 0.00136. The highest BCUT2D eigenvalue weighted by atomic mass is 16.5. The number of rotatable bonds is 3. The summed E-state index contributed by atoms with van der Waals surface area (Å²) >= 11 is 0. The highest BCUT2D eigenvalue weighted by molar-refractivity contribution is 5.98. The van der Waals surface area contributed by atoms with Crippen LogP contribution in [0.4, 0.5) is 5.69 Å². The summed E-state index contributed by atoms with van der Waals surface area (Å²) in [4.78, 5) is 41.7. The fourth-order valence-corrected chi connectivity index (χ4v) is 4.49. The van der Waals surface area contributed by atoms with Crippen LogP contribution < -0.4 is 10.1 Å². The van der Waals surface area contributed by atoms with Crippen LogP contribution in [0.1, 0.15) is 44.0 Å². The average Bonchev–Trinajstić information content (AvgIpc) is 2.83. The van der Waals surface area contributed by atoms with Gasteiger partial charge in [0.05, 0.1) is 17.7 Å². The van der Waals surface area contributed by atoms with Crippen molar-refractivity contribution in [1.29, 1.82) is 0 Å². The quantitative estimate of drug-likeness (QED) is 0.721. The van der Waals surface area contributed by atoms with Crippen molar-refractivity contribution in [2.45, 2.75) is 45.8 Å². The smallest absolute Gasteiger partial charge is 0.257 e. The molecule has 3 atom stereocenters. The van der Waals surface area contributed by atoms with E-state index in [0.29, 0.717) is 56.1 Å². The number of benzene rings is 1. The zero-order valence-electron chi connectivity index (χ0n) is 20.8. The number of hydrogen-bond acceptors (Lipinski definition) is 6. The molecule has 1 aromatic rings. The van der Waals surface area contributed by atoms with Gasteiger partial charge >= 0.3 is 0 Å². The Balaban J connectivity index is 1.89. The van der Waals surface area contributed by atoms with Crippen LogP contribution in [0.25, 0.3) is 0 Å². The van der Waals surface area contributed by atoms with Crippen LogP contribution in [0.3, 0.4) is 0 Å². The van der Waals surface area contributed by atoms with Crippen molar-refractivity contribution in [3.05, 3.63) is 23.8 Å². The van der Waals surface area contributed by atoms with Crippen molar-refractivity contribution in [2.24, 2.45) is 11.8 Å². The number of nitrogens with zero attached hydrogens (tertiary/aromatic N) is 2. The number of amides is 3. The van der Waals surface area contributed by atoms with Gasteiger partial charge in [0.1, 0.15) is 12.4 Å². The fraction of sp³-hybridized carbons (Fsp3) is 0.640. The van der Waals surface area contributed by atoms with E-state index in [0.717, 1.165) is 0 Å². The molecule has 0 bridgehead atoms. The Labute approximate surface area is 201 Å². The molecular weight excluding hydrogens is 438 g/mol. The maximum absolute atomic E-state index is 13.3. The number of carbonyl (C=O) groups excluding carboxylic acids is 3. The number of ether oxygens (including phenoxy) is 3. The zero-order valence-corrected chi connectivity index (χ0v) is 20.8. The summed E-state index contributed by atoms with van der Waals surface area (Å²) in [6.07, 6.45) is 1.15. The molecule has 3 amide bonds. The van der Waals surface area contributed by atoms with Gasteiger partial charge in [-0.3, -0.25) is 14.4 Å². The van der Waals surface area contributed by atoms with Crippen LogP contribution >= 0.6 is 0 Å². The third-order valence-electron chi connectivity index (χ3n) is 6.71. The number of methoxy groups -OCH3 is 1. The SMILES string of the molecule is CO[C@@H]1CN(C)C(=O)c2ccc(NC(=O)C3CCOCC3)cc2OC[C@H](C)N(C(C)=O)C[C@H]1C. The Bertz CT molecular complexity index is 885. The molecule has 1 saturated heterocycles. The third-order valence-corrected chi connectivity index (χ3v) is 6.71. The standard InChI is InChI=1S/C25H37N3O6/c1-16-13-28(18(3)29)17(2)15-34-22-12-20(26-24(30)19-8-10-33-11-9-19)6-7-21(22)25(31)27(4)14-23(16)32-5/h6-7,12,16-17,19,23H,8-11,13-15H2,1-5H3,(H,26,30)/t16-,17+,23-/m1/s1. The van der Waals surface area contributed by atoms with Crippen molar-refractivity contribution >= 4 is 23.4 Å². The first-order valence-electron chi connectivity index (χ1n) is 11.9. The van der Waals surface area contributed by atoms with Crippen LogP contribution in [0.2, 0.25) is 0 Å². The Hall–Kier alpha value is -2.65. The van der Waals surface area contributed by atoms with Gasteiger partial charge in [-0.2, -0.15) is 0 Å². The van der Waals surface area contributed by atoms with E-state index in [1.54, 1.807) is 49.1 Å². The number of nitrogens with one attached hydrogen (secondary N) is 1. The van der Waals surface area contributed by atoms with E-state index in [2.05, 4.69) is 5.32 Å². The molecular formula is C25H37N3O6. The molecule has 1 fully saturated rings. The van der Waals surface area contributed by atoms with Crippen molar-refractivity contribution in [1.82, 2.24) is 9.80 Å². The molecule has 1 aromatic carbocycles. The van der Waals surface area contributed by atoms with Gasteiger partial charge in [-0.25, -0.2) is 0 Å². The van der Waals surface area contributed by atoms with Crippen LogP contribution in [-0.2, 0) is 19.1 Å². The van der Waals surface area contributed by atoms with E-state index in [1.165, 1.54) is 0 Å². The van der Waals surface area contributed by atoms with Gasteiger partial charge in [-0.1, -0.05) is 6.92 Å². The van der Waals surface area contributed by atoms with Crippen molar-refractivity contribution in [2.75, 3.05) is 52.4 Å². The van der Waals surface area contributed by atoms with Crippen molar-refractivity contribution in [3.63, 3.8) is 0 Å². The number of likely N-dealkylation sites (N-methyl/N-ethyl adjacent to an activating group) is 1. The number of anilines is 1. The summed E-state index contributed by atoms with van der Waals surface area (Å²) in [6.45, 7) is 7.73. The largest absolute Gasteiger partial charge is 0.491 e. The maximum atomic E-state index is 13.3. The molecule has 9 nitrogen and oxygen atoms in total. The summed E-state index contributed by atoms with van der Waals surface area (Å²) in [6, 6.07) is 4.88. The normalized spacial score (nSPS) is 25.0. The minimum Gasteiger partial charge on any atom is -0.491 e. The van der Waals surface area contributed by atoms with E-state index < -0.39 is 0 Å². The van der Waals surface area contributed by atoms with E-state index in [9.17, 15) is 14.4 Å². The lowest BCUT2D eigenvalue weighted by Crippen LogP contribution is -2.48. The van der Waals surface area contributed by atoms with Gasteiger partial charge in [0, 0.05) is 71.0 Å². The first kappa shape index (κ1) is 26.0. The van der Waals surface area contributed by atoms with Crippen molar-refractivity contribution < 1.29 is 28.6 Å². The molecule has 0 saturated carbocycles. The molecule has 2 aliphatic rings. The van der Waals surface area contributed by atoms with E-state index in [-0.39, 0.29) is 48.3 Å². The topological polar surface area (TPSA) is 97.4 Å². The molecule has 3 rings (SSSR count). The second kappa shape index (κ2) is 11.7. The van der Waals surface area contributed by atoms with Gasteiger partial charge < -0.3 is 29.3 Å². The van der Waals surface area contributed by atoms with Crippen molar-refractivity contribution in [3.8, 4) is 5.75 Å². The fourth-order valence-electron chi connectivity index (χ4n) is 4.49. The predicted octanol–water partition coefficient (Wildman–Crippen LogP) is 2.40. The lowest BCUT2D eigenvalue weighted by molar-refractivity contribution is -0.133. The van der Waals surface area contributed by atoms with Crippen LogP contribution in [0, 0.1) is 11.8 Å². The molecule has 0 aromatic heterocycles. The number of fused-ring (bicyclic) bond motifs is 1. The van der Waals surface area contributed by atoms with Crippen LogP contribution in [0.5, 0.6) is 5.75 Å². The molecule has 0 radical (unpaired) electrons. The lowest BCUT2D eigenvalue weighted by atomic mass is 9.99. The summed E-state index contributed by atoms with van der Waals surface area (Å²) < 4.78 is 17.1. The Morgan fingerprint density at radius 1 is 1.15 bits per heavy atom.